The van der Waals surface area contributed by atoms with E-state index in [-0.39, 0.29) is 6.42 Å². The molecule has 2 nitrogen and oxygen atoms in total. The molecule has 0 aliphatic rings. The third-order valence-corrected chi connectivity index (χ3v) is 3.70. The van der Waals surface area contributed by atoms with Crippen molar-refractivity contribution in [2.45, 2.75) is 84.0 Å². The third kappa shape index (κ3) is 20.2. The van der Waals surface area contributed by atoms with Crippen LogP contribution in [0.5, 0.6) is 0 Å². The highest BCUT2D eigenvalue weighted by atomic mass is 16.4. The van der Waals surface area contributed by atoms with Gasteiger partial charge in [0.1, 0.15) is 0 Å². The van der Waals surface area contributed by atoms with Gasteiger partial charge in [0.05, 0.1) is 0 Å². The lowest BCUT2D eigenvalue weighted by Crippen LogP contribution is -1.91. The van der Waals surface area contributed by atoms with Crippen molar-refractivity contribution in [3.8, 4) is 0 Å². The number of aliphatic carboxylic acids is 1. The Labute approximate surface area is 148 Å². The molecule has 0 fully saturated rings. The summed E-state index contributed by atoms with van der Waals surface area (Å²) in [4.78, 5) is 10.3. The zero-order valence-corrected chi connectivity index (χ0v) is 15.3. The maximum atomic E-state index is 10.3. The first-order valence-corrected chi connectivity index (χ1v) is 9.47. The summed E-state index contributed by atoms with van der Waals surface area (Å²) in [7, 11) is 0. The Morgan fingerprint density at radius 3 is 2.17 bits per heavy atom. The average Bonchev–Trinajstić information content (AvgIpc) is 2.56. The molecule has 0 radical (unpaired) electrons. The van der Waals surface area contributed by atoms with Gasteiger partial charge in [0.15, 0.2) is 0 Å². The minimum absolute atomic E-state index is 0.182. The van der Waals surface area contributed by atoms with Crippen LogP contribution in [0.25, 0.3) is 0 Å². The molecule has 0 aliphatic heterocycles. The van der Waals surface area contributed by atoms with E-state index in [0.29, 0.717) is 6.42 Å². The van der Waals surface area contributed by atoms with E-state index in [1.165, 1.54) is 57.8 Å². The van der Waals surface area contributed by atoms with Crippen LogP contribution in [0.15, 0.2) is 47.9 Å². The molecule has 0 aliphatic carbocycles. The minimum Gasteiger partial charge on any atom is -0.481 e. The van der Waals surface area contributed by atoms with E-state index >= 15 is 0 Å². The lowest BCUT2D eigenvalue weighted by Gasteiger charge is -2.00. The fourth-order valence-corrected chi connectivity index (χ4v) is 2.29. The minimum atomic E-state index is -0.761. The summed E-state index contributed by atoms with van der Waals surface area (Å²) in [5, 5.41) is 8.48. The van der Waals surface area contributed by atoms with Crippen molar-refractivity contribution in [3.63, 3.8) is 0 Å². The second-order valence-corrected chi connectivity index (χ2v) is 6.02. The summed E-state index contributed by atoms with van der Waals surface area (Å²) in [6.07, 6.45) is 25.4. The molecule has 0 saturated heterocycles. The molecule has 0 rings (SSSR count). The van der Waals surface area contributed by atoms with Crippen LogP contribution >= 0.6 is 0 Å². The van der Waals surface area contributed by atoms with Gasteiger partial charge in [-0.1, -0.05) is 94.1 Å². The van der Waals surface area contributed by atoms with Crippen LogP contribution in [-0.2, 0) is 4.79 Å². The van der Waals surface area contributed by atoms with Crippen LogP contribution in [0.2, 0.25) is 0 Å². The zero-order chi connectivity index (χ0) is 17.7. The van der Waals surface area contributed by atoms with Gasteiger partial charge >= 0.3 is 5.97 Å². The molecule has 0 spiro atoms. The van der Waals surface area contributed by atoms with E-state index in [2.05, 4.69) is 18.4 Å². The SMILES string of the molecule is CCCCCCCCCCCC=C=C=C/C=C/C=C/CCC(=O)O. The Balaban J connectivity index is 3.51. The summed E-state index contributed by atoms with van der Waals surface area (Å²) < 4.78 is 0. The summed E-state index contributed by atoms with van der Waals surface area (Å²) >= 11 is 0. The van der Waals surface area contributed by atoms with Crippen molar-refractivity contribution in [2.75, 3.05) is 0 Å². The molecular weight excluding hydrogens is 296 g/mol. The van der Waals surface area contributed by atoms with Gasteiger partial charge in [0.25, 0.3) is 0 Å². The van der Waals surface area contributed by atoms with E-state index in [1.54, 1.807) is 0 Å². The number of hydrogen-bond donors (Lipinski definition) is 1. The fraction of sp³-hybridized carbons (Fsp3) is 0.591. The van der Waals surface area contributed by atoms with Crippen LogP contribution < -0.4 is 0 Å². The molecule has 0 unspecified atom stereocenters. The Hall–Kier alpha value is -1.75. The Morgan fingerprint density at radius 1 is 0.833 bits per heavy atom. The second kappa shape index (κ2) is 19.3. The number of allylic oxidation sites excluding steroid dienone is 6. The fourth-order valence-electron chi connectivity index (χ4n) is 2.29. The molecule has 2 heteroatoms. The van der Waals surface area contributed by atoms with E-state index in [0.717, 1.165) is 6.42 Å². The summed E-state index contributed by atoms with van der Waals surface area (Å²) in [6.45, 7) is 2.26. The molecule has 0 saturated carbocycles. The van der Waals surface area contributed by atoms with Gasteiger partial charge < -0.3 is 5.11 Å². The van der Waals surface area contributed by atoms with Gasteiger partial charge in [-0.2, -0.15) is 0 Å². The van der Waals surface area contributed by atoms with E-state index in [1.807, 2.05) is 36.5 Å². The van der Waals surface area contributed by atoms with Gasteiger partial charge in [-0.15, -0.1) is 0 Å². The smallest absolute Gasteiger partial charge is 0.303 e. The van der Waals surface area contributed by atoms with Gasteiger partial charge in [-0.3, -0.25) is 4.79 Å². The molecule has 0 atom stereocenters. The first-order chi connectivity index (χ1) is 11.8. The number of carboxylic acids is 1. The van der Waals surface area contributed by atoms with Crippen molar-refractivity contribution >= 4 is 5.97 Å². The topological polar surface area (TPSA) is 37.3 Å². The van der Waals surface area contributed by atoms with Gasteiger partial charge in [0, 0.05) is 6.42 Å². The maximum absolute atomic E-state index is 10.3. The maximum Gasteiger partial charge on any atom is 0.303 e. The number of carbonyl (C=O) groups is 1. The Kier molecular flexibility index (Phi) is 17.9. The highest BCUT2D eigenvalue weighted by molar-refractivity contribution is 5.66. The lowest BCUT2D eigenvalue weighted by atomic mass is 10.1. The van der Waals surface area contributed by atoms with Crippen molar-refractivity contribution in [1.29, 1.82) is 0 Å². The van der Waals surface area contributed by atoms with E-state index in [9.17, 15) is 4.79 Å². The quantitative estimate of drug-likeness (QED) is 0.205. The summed E-state index contributed by atoms with van der Waals surface area (Å²) in [5.74, 6) is -0.761. The standard InChI is InChI=1S/C22H34O2/c1-2-3-4-5-6-7-8-9-10-11-12-13-14-15-16-17-18-19-20-21-22(23)24/h12,15-19H,2-11,20-21H2,1H3,(H,23,24)/b15-12?,17-16+,19-18+. The van der Waals surface area contributed by atoms with Gasteiger partial charge in [-0.05, 0) is 31.4 Å². The molecule has 0 amide bonds. The number of unbranched alkanes of at least 4 members (excludes halogenated alkanes) is 9. The van der Waals surface area contributed by atoms with Crippen molar-refractivity contribution < 1.29 is 9.90 Å². The molecular formula is C22H34O2. The zero-order valence-electron chi connectivity index (χ0n) is 15.3. The molecule has 24 heavy (non-hydrogen) atoms. The monoisotopic (exact) mass is 330 g/mol. The van der Waals surface area contributed by atoms with Gasteiger partial charge in [-0.25, -0.2) is 0 Å². The van der Waals surface area contributed by atoms with Crippen LogP contribution in [0, 0.1) is 0 Å². The van der Waals surface area contributed by atoms with E-state index in [4.69, 9.17) is 5.11 Å². The highest BCUT2D eigenvalue weighted by Crippen LogP contribution is 2.10. The summed E-state index contributed by atoms with van der Waals surface area (Å²) in [5.41, 5.74) is 6.02. The molecule has 0 bridgehead atoms. The molecule has 0 aromatic carbocycles. The largest absolute Gasteiger partial charge is 0.481 e. The molecule has 0 heterocycles. The Morgan fingerprint density at radius 2 is 1.50 bits per heavy atom. The molecule has 0 aromatic heterocycles. The van der Waals surface area contributed by atoms with Crippen LogP contribution in [0.3, 0.4) is 0 Å². The predicted octanol–water partition coefficient (Wildman–Crippen LogP) is 6.75. The van der Waals surface area contributed by atoms with Crippen LogP contribution in [-0.4, -0.2) is 11.1 Å². The van der Waals surface area contributed by atoms with Crippen LogP contribution in [0.1, 0.15) is 84.0 Å². The number of hydrogen-bond acceptors (Lipinski definition) is 1. The third-order valence-electron chi connectivity index (χ3n) is 3.70. The average molecular weight is 331 g/mol. The van der Waals surface area contributed by atoms with E-state index < -0.39 is 5.97 Å². The summed E-state index contributed by atoms with van der Waals surface area (Å²) in [6, 6.07) is 0. The number of carboxylic acid groups (broad SMARTS) is 1. The first-order valence-electron chi connectivity index (χ1n) is 9.47. The first kappa shape index (κ1) is 22.2. The molecule has 134 valence electrons. The Bertz CT molecular complexity index is 445. The molecule has 1 N–H and O–H groups in total. The lowest BCUT2D eigenvalue weighted by molar-refractivity contribution is -0.136. The normalized spacial score (nSPS) is 10.7. The van der Waals surface area contributed by atoms with Gasteiger partial charge in [0.2, 0.25) is 0 Å². The molecule has 0 aromatic rings. The van der Waals surface area contributed by atoms with Crippen LogP contribution in [0.4, 0.5) is 0 Å². The van der Waals surface area contributed by atoms with Crippen molar-refractivity contribution in [3.05, 3.63) is 47.9 Å². The van der Waals surface area contributed by atoms with Crippen molar-refractivity contribution in [1.82, 2.24) is 0 Å². The highest BCUT2D eigenvalue weighted by Gasteiger charge is 1.91. The van der Waals surface area contributed by atoms with Crippen molar-refractivity contribution in [2.24, 2.45) is 0 Å². The predicted molar refractivity (Wildman–Crippen MR) is 103 cm³/mol. The number of rotatable bonds is 15. The second-order valence-electron chi connectivity index (χ2n) is 6.02.